The number of nitrogens with one attached hydrogen (secondary N) is 2. The number of urea groups is 1. The summed E-state index contributed by atoms with van der Waals surface area (Å²) in [6, 6.07) is 21.0. The van der Waals surface area contributed by atoms with Crippen LogP contribution in [0.2, 0.25) is 0 Å². The summed E-state index contributed by atoms with van der Waals surface area (Å²) in [6.45, 7) is 4.87. The molecule has 1 saturated heterocycles. The minimum atomic E-state index is -3.93. The lowest BCUT2D eigenvalue weighted by atomic mass is 10.1. The van der Waals surface area contributed by atoms with Crippen molar-refractivity contribution in [3.8, 4) is 0 Å². The molecule has 1 atom stereocenters. The SMILES string of the molecule is CC(C)(C)OC(=O)NCCN1CCN(C(=O)NC(C(=O)O)c2ccc(P(=O)(OCc3ccccc3)OCc3ccccc3)cc2)C(=O)C1=O. The van der Waals surface area contributed by atoms with Gasteiger partial charge < -0.3 is 34.4 Å². The van der Waals surface area contributed by atoms with Crippen molar-refractivity contribution in [2.75, 3.05) is 26.2 Å². The largest absolute Gasteiger partial charge is 0.479 e. The number of carboxylic acids is 1. The number of alkyl carbamates (subject to hydrolysis) is 1. The molecule has 4 rings (SSSR count). The van der Waals surface area contributed by atoms with Crippen LogP contribution in [0.1, 0.15) is 43.5 Å². The van der Waals surface area contributed by atoms with Gasteiger partial charge in [-0.3, -0.25) is 19.1 Å². The number of aliphatic carboxylic acids is 1. The summed E-state index contributed by atoms with van der Waals surface area (Å²) in [5.41, 5.74) is 0.929. The third-order valence-electron chi connectivity index (χ3n) is 7.15. The molecule has 0 spiro atoms. The van der Waals surface area contributed by atoms with Crippen LogP contribution < -0.4 is 15.9 Å². The number of nitrogens with zero attached hydrogens (tertiary/aromatic N) is 2. The topological polar surface area (TPSA) is 181 Å². The Kier molecular flexibility index (Phi) is 12.3. The Labute approximate surface area is 283 Å². The molecule has 0 aromatic heterocycles. The molecule has 0 saturated carbocycles. The molecule has 5 amide bonds. The van der Waals surface area contributed by atoms with Gasteiger partial charge in [0.15, 0.2) is 6.04 Å². The maximum absolute atomic E-state index is 14.1. The van der Waals surface area contributed by atoms with Gasteiger partial charge in [0.1, 0.15) is 5.60 Å². The van der Waals surface area contributed by atoms with Crippen LogP contribution in [-0.4, -0.2) is 76.6 Å². The molecular weight excluding hydrogens is 655 g/mol. The fraction of sp³-hybridized carbons (Fsp3) is 0.324. The molecule has 3 aromatic rings. The number of piperazine rings is 1. The summed E-state index contributed by atoms with van der Waals surface area (Å²) in [6.07, 6.45) is -0.681. The minimum Gasteiger partial charge on any atom is -0.479 e. The zero-order valence-corrected chi connectivity index (χ0v) is 28.3. The number of amides is 5. The van der Waals surface area contributed by atoms with Crippen molar-refractivity contribution in [2.45, 2.75) is 45.6 Å². The number of hydrogen-bond donors (Lipinski definition) is 3. The van der Waals surface area contributed by atoms with Gasteiger partial charge in [-0.2, -0.15) is 0 Å². The van der Waals surface area contributed by atoms with Crippen LogP contribution in [0.15, 0.2) is 84.9 Å². The Bertz CT molecular complexity index is 1630. The summed E-state index contributed by atoms with van der Waals surface area (Å²) in [5.74, 6) is -3.56. The van der Waals surface area contributed by atoms with Gasteiger partial charge in [0.25, 0.3) is 0 Å². The number of hydrogen-bond acceptors (Lipinski definition) is 9. The van der Waals surface area contributed by atoms with Gasteiger partial charge in [-0.05, 0) is 49.6 Å². The molecule has 1 aliphatic rings. The third kappa shape index (κ3) is 10.5. The summed E-state index contributed by atoms with van der Waals surface area (Å²) < 4.78 is 30.9. The Balaban J connectivity index is 1.41. The Morgan fingerprint density at radius 3 is 1.90 bits per heavy atom. The number of carbonyl (C=O) groups is 5. The summed E-state index contributed by atoms with van der Waals surface area (Å²) >= 11 is 0. The fourth-order valence-corrected chi connectivity index (χ4v) is 6.21. The van der Waals surface area contributed by atoms with Crippen LogP contribution in [0, 0.1) is 0 Å². The van der Waals surface area contributed by atoms with Crippen LogP contribution in [0.25, 0.3) is 0 Å². The first kappa shape index (κ1) is 36.8. The molecule has 0 bridgehead atoms. The van der Waals surface area contributed by atoms with Crippen molar-refractivity contribution in [1.82, 2.24) is 20.4 Å². The minimum absolute atomic E-state index is 0.00262. The standard InChI is InChI=1S/C34H39N4O10P/c1-34(2,3)48-33(44)35-18-19-37-20-21-38(30(40)29(37)39)32(43)36-28(31(41)42)26-14-16-27(17-15-26)49(45,46-22-24-10-6-4-7-11-24)47-23-25-12-8-5-9-13-25/h4-17,28H,18-23H2,1-3H3,(H,35,44)(H,36,43)(H,41,42). The van der Waals surface area contributed by atoms with E-state index < -0.39 is 49.1 Å². The molecule has 1 unspecified atom stereocenters. The lowest BCUT2D eigenvalue weighted by Crippen LogP contribution is -2.59. The maximum atomic E-state index is 14.1. The van der Waals surface area contributed by atoms with E-state index in [1.165, 1.54) is 29.2 Å². The van der Waals surface area contributed by atoms with Crippen molar-refractivity contribution < 1.29 is 47.4 Å². The normalized spacial score (nSPS) is 14.3. The Morgan fingerprint density at radius 1 is 0.837 bits per heavy atom. The molecule has 260 valence electrons. The number of carboxylic acid groups (broad SMARTS) is 1. The third-order valence-corrected chi connectivity index (χ3v) is 9.02. The zero-order valence-electron chi connectivity index (χ0n) is 27.4. The van der Waals surface area contributed by atoms with E-state index in [0.717, 1.165) is 11.1 Å². The molecule has 1 heterocycles. The van der Waals surface area contributed by atoms with E-state index >= 15 is 0 Å². The molecule has 0 aliphatic carbocycles. The molecule has 3 N–H and O–H groups in total. The van der Waals surface area contributed by atoms with Gasteiger partial charge in [-0.25, -0.2) is 14.4 Å². The number of rotatable bonds is 13. The van der Waals surface area contributed by atoms with E-state index in [0.29, 0.717) is 4.90 Å². The molecule has 0 radical (unpaired) electrons. The highest BCUT2D eigenvalue weighted by molar-refractivity contribution is 7.62. The van der Waals surface area contributed by atoms with Crippen molar-refractivity contribution >= 4 is 42.8 Å². The van der Waals surface area contributed by atoms with Gasteiger partial charge in [-0.15, -0.1) is 0 Å². The second-order valence-electron chi connectivity index (χ2n) is 12.0. The molecule has 49 heavy (non-hydrogen) atoms. The van der Waals surface area contributed by atoms with Crippen LogP contribution in [0.5, 0.6) is 0 Å². The first-order valence-electron chi connectivity index (χ1n) is 15.4. The van der Waals surface area contributed by atoms with Gasteiger partial charge in [-0.1, -0.05) is 72.8 Å². The predicted octanol–water partition coefficient (Wildman–Crippen LogP) is 3.97. The first-order chi connectivity index (χ1) is 23.3. The quantitative estimate of drug-likeness (QED) is 0.175. The molecule has 14 nitrogen and oxygen atoms in total. The summed E-state index contributed by atoms with van der Waals surface area (Å²) in [5, 5.41) is 14.9. The summed E-state index contributed by atoms with van der Waals surface area (Å²) in [7, 11) is -3.93. The fourth-order valence-electron chi connectivity index (χ4n) is 4.68. The second kappa shape index (κ2) is 16.4. The highest BCUT2D eigenvalue weighted by Crippen LogP contribution is 2.48. The van der Waals surface area contributed by atoms with Crippen LogP contribution in [0.3, 0.4) is 0 Å². The highest BCUT2D eigenvalue weighted by atomic mass is 31.2. The zero-order chi connectivity index (χ0) is 35.6. The molecular formula is C34H39N4O10P. The number of ether oxygens (including phenoxy) is 1. The number of carbonyl (C=O) groups excluding carboxylic acids is 4. The monoisotopic (exact) mass is 694 g/mol. The van der Waals surface area contributed by atoms with Gasteiger partial charge in [0.2, 0.25) is 0 Å². The van der Waals surface area contributed by atoms with Crippen LogP contribution in [0.4, 0.5) is 9.59 Å². The maximum Gasteiger partial charge on any atom is 0.407 e. The highest BCUT2D eigenvalue weighted by Gasteiger charge is 2.38. The Hall–Kier alpha value is -5.04. The van der Waals surface area contributed by atoms with Crippen molar-refractivity contribution in [3.63, 3.8) is 0 Å². The van der Waals surface area contributed by atoms with Crippen molar-refractivity contribution in [2.24, 2.45) is 0 Å². The van der Waals surface area contributed by atoms with E-state index in [2.05, 4.69) is 10.6 Å². The molecule has 1 aliphatic heterocycles. The number of imide groups is 1. The van der Waals surface area contributed by atoms with E-state index in [9.17, 15) is 33.6 Å². The van der Waals surface area contributed by atoms with E-state index in [1.54, 1.807) is 20.8 Å². The lowest BCUT2D eigenvalue weighted by molar-refractivity contribution is -0.153. The van der Waals surface area contributed by atoms with Gasteiger partial charge in [0, 0.05) is 26.2 Å². The van der Waals surface area contributed by atoms with Crippen molar-refractivity contribution in [3.05, 3.63) is 102 Å². The average molecular weight is 695 g/mol. The van der Waals surface area contributed by atoms with Crippen molar-refractivity contribution in [1.29, 1.82) is 0 Å². The molecule has 15 heteroatoms. The van der Waals surface area contributed by atoms with E-state index in [1.807, 2.05) is 60.7 Å². The predicted molar refractivity (Wildman–Crippen MR) is 178 cm³/mol. The van der Waals surface area contributed by atoms with E-state index in [-0.39, 0.29) is 50.3 Å². The smallest absolute Gasteiger partial charge is 0.407 e. The van der Waals surface area contributed by atoms with Gasteiger partial charge >= 0.3 is 37.5 Å². The van der Waals surface area contributed by atoms with E-state index in [4.69, 9.17) is 13.8 Å². The second-order valence-corrected chi connectivity index (χ2v) is 14.0. The Morgan fingerprint density at radius 2 is 1.39 bits per heavy atom. The van der Waals surface area contributed by atoms with Crippen LogP contribution >= 0.6 is 7.60 Å². The number of benzene rings is 3. The van der Waals surface area contributed by atoms with Gasteiger partial charge in [0.05, 0.1) is 18.5 Å². The lowest BCUT2D eigenvalue weighted by Gasteiger charge is -2.33. The molecule has 1 fully saturated rings. The molecule has 3 aromatic carbocycles. The average Bonchev–Trinajstić information content (AvgIpc) is 3.07. The first-order valence-corrected chi connectivity index (χ1v) is 17.0. The summed E-state index contributed by atoms with van der Waals surface area (Å²) in [4.78, 5) is 64.4. The van der Waals surface area contributed by atoms with Crippen LogP contribution in [-0.2, 0) is 45.9 Å².